The number of hydrogen-bond acceptors (Lipinski definition) is 2. The molecule has 1 aromatic rings. The van der Waals surface area contributed by atoms with Gasteiger partial charge in [0.05, 0.1) is 6.42 Å². The molecule has 0 bridgehead atoms. The second kappa shape index (κ2) is 5.74. The third kappa shape index (κ3) is 3.16. The third-order valence-corrected chi connectivity index (χ3v) is 4.24. The van der Waals surface area contributed by atoms with Crippen molar-refractivity contribution in [1.82, 2.24) is 10.6 Å². The van der Waals surface area contributed by atoms with Crippen molar-refractivity contribution in [3.63, 3.8) is 0 Å². The Morgan fingerprint density at radius 2 is 2.11 bits per heavy atom. The Bertz CT molecular complexity index is 464. The van der Waals surface area contributed by atoms with Crippen LogP contribution in [0, 0.1) is 0 Å². The van der Waals surface area contributed by atoms with Crippen molar-refractivity contribution in [1.29, 1.82) is 0 Å². The van der Waals surface area contributed by atoms with Crippen molar-refractivity contribution < 1.29 is 4.79 Å². The highest BCUT2D eigenvalue weighted by molar-refractivity contribution is 5.79. The molecule has 1 heterocycles. The molecule has 0 radical (unpaired) electrons. The minimum absolute atomic E-state index is 0.181. The summed E-state index contributed by atoms with van der Waals surface area (Å²) in [5.41, 5.74) is 3.94. The average molecular weight is 258 g/mol. The fourth-order valence-corrected chi connectivity index (χ4v) is 3.17. The van der Waals surface area contributed by atoms with Crippen LogP contribution in [0.15, 0.2) is 18.2 Å². The van der Waals surface area contributed by atoms with E-state index in [9.17, 15) is 4.79 Å². The Hall–Kier alpha value is -1.35. The van der Waals surface area contributed by atoms with Crippen LogP contribution in [0.1, 0.15) is 42.4 Å². The molecule has 0 saturated heterocycles. The van der Waals surface area contributed by atoms with E-state index >= 15 is 0 Å². The molecule has 1 aromatic carbocycles. The SMILES string of the molecule is O=C(Cc1ccc2c(c1)CCNC2)NC1CCCC1. The summed E-state index contributed by atoms with van der Waals surface area (Å²) < 4.78 is 0. The van der Waals surface area contributed by atoms with E-state index in [-0.39, 0.29) is 5.91 Å². The quantitative estimate of drug-likeness (QED) is 0.870. The maximum absolute atomic E-state index is 12.0. The van der Waals surface area contributed by atoms with Gasteiger partial charge in [-0.25, -0.2) is 0 Å². The van der Waals surface area contributed by atoms with Crippen LogP contribution in [0.2, 0.25) is 0 Å². The molecule has 2 aliphatic rings. The molecule has 3 nitrogen and oxygen atoms in total. The van der Waals surface area contributed by atoms with E-state index in [4.69, 9.17) is 0 Å². The lowest BCUT2D eigenvalue weighted by Crippen LogP contribution is -2.33. The Kier molecular flexibility index (Phi) is 3.83. The minimum atomic E-state index is 0.181. The number of hydrogen-bond donors (Lipinski definition) is 2. The zero-order valence-corrected chi connectivity index (χ0v) is 11.4. The van der Waals surface area contributed by atoms with Crippen molar-refractivity contribution in [2.75, 3.05) is 6.54 Å². The molecule has 0 aromatic heterocycles. The smallest absolute Gasteiger partial charge is 0.224 e. The second-order valence-corrected chi connectivity index (χ2v) is 5.76. The van der Waals surface area contributed by atoms with Gasteiger partial charge in [-0.3, -0.25) is 4.79 Å². The normalized spacial score (nSPS) is 19.2. The van der Waals surface area contributed by atoms with E-state index in [2.05, 4.69) is 28.8 Å². The highest BCUT2D eigenvalue weighted by atomic mass is 16.1. The molecule has 0 unspecified atom stereocenters. The summed E-state index contributed by atoms with van der Waals surface area (Å²) >= 11 is 0. The third-order valence-electron chi connectivity index (χ3n) is 4.24. The molecule has 102 valence electrons. The van der Waals surface area contributed by atoms with E-state index in [1.54, 1.807) is 0 Å². The van der Waals surface area contributed by atoms with Gasteiger partial charge in [-0.1, -0.05) is 31.0 Å². The highest BCUT2D eigenvalue weighted by Crippen LogP contribution is 2.19. The minimum Gasteiger partial charge on any atom is -0.353 e. The molecule has 0 atom stereocenters. The molecule has 1 saturated carbocycles. The van der Waals surface area contributed by atoms with Crippen LogP contribution in [0.4, 0.5) is 0 Å². The average Bonchev–Trinajstić information content (AvgIpc) is 2.91. The number of amides is 1. The largest absolute Gasteiger partial charge is 0.353 e. The number of carbonyl (C=O) groups excluding carboxylic acids is 1. The van der Waals surface area contributed by atoms with Crippen LogP contribution in [0.25, 0.3) is 0 Å². The molecule has 2 N–H and O–H groups in total. The molecule has 1 amide bonds. The summed E-state index contributed by atoms with van der Waals surface area (Å²) in [6, 6.07) is 6.90. The lowest BCUT2D eigenvalue weighted by molar-refractivity contribution is -0.121. The summed E-state index contributed by atoms with van der Waals surface area (Å²) in [5.74, 6) is 0.181. The van der Waals surface area contributed by atoms with E-state index in [0.717, 1.165) is 37.9 Å². The first-order valence-corrected chi connectivity index (χ1v) is 7.42. The molecule has 0 spiro atoms. The molecular formula is C16H22N2O. The van der Waals surface area contributed by atoms with Gasteiger partial charge in [0.1, 0.15) is 0 Å². The van der Waals surface area contributed by atoms with Crippen molar-refractivity contribution in [2.24, 2.45) is 0 Å². The van der Waals surface area contributed by atoms with Crippen molar-refractivity contribution in [2.45, 2.75) is 51.1 Å². The molecule has 3 heteroatoms. The lowest BCUT2D eigenvalue weighted by Gasteiger charge is -2.18. The van der Waals surface area contributed by atoms with E-state index in [1.807, 2.05) is 0 Å². The van der Waals surface area contributed by atoms with E-state index < -0.39 is 0 Å². The Balaban J connectivity index is 1.61. The number of rotatable bonds is 3. The van der Waals surface area contributed by atoms with Gasteiger partial charge in [-0.2, -0.15) is 0 Å². The van der Waals surface area contributed by atoms with Crippen molar-refractivity contribution >= 4 is 5.91 Å². The Labute approximate surface area is 114 Å². The molecule has 1 aliphatic heterocycles. The van der Waals surface area contributed by atoms with Crippen LogP contribution in [-0.2, 0) is 24.2 Å². The Morgan fingerprint density at radius 1 is 1.26 bits per heavy atom. The second-order valence-electron chi connectivity index (χ2n) is 5.76. The summed E-state index contributed by atoms with van der Waals surface area (Å²) in [6.07, 6.45) is 6.43. The zero-order chi connectivity index (χ0) is 13.1. The lowest BCUT2D eigenvalue weighted by atomic mass is 9.97. The summed E-state index contributed by atoms with van der Waals surface area (Å²) in [6.45, 7) is 2.01. The van der Waals surface area contributed by atoms with Gasteiger partial charge < -0.3 is 10.6 Å². The fraction of sp³-hybridized carbons (Fsp3) is 0.562. The number of carbonyl (C=O) groups is 1. The number of benzene rings is 1. The van der Waals surface area contributed by atoms with Gasteiger partial charge in [0.2, 0.25) is 5.91 Å². The molecule has 3 rings (SSSR count). The van der Waals surface area contributed by atoms with Gasteiger partial charge in [-0.15, -0.1) is 0 Å². The molecule has 1 aliphatic carbocycles. The predicted octanol–water partition coefficient (Wildman–Crippen LogP) is 1.93. The number of fused-ring (bicyclic) bond motifs is 1. The molecular weight excluding hydrogens is 236 g/mol. The number of nitrogens with one attached hydrogen (secondary N) is 2. The van der Waals surface area contributed by atoms with Gasteiger partial charge in [0.15, 0.2) is 0 Å². The van der Waals surface area contributed by atoms with Crippen molar-refractivity contribution in [3.05, 3.63) is 34.9 Å². The highest BCUT2D eigenvalue weighted by Gasteiger charge is 2.17. The topological polar surface area (TPSA) is 41.1 Å². The van der Waals surface area contributed by atoms with Crippen LogP contribution in [-0.4, -0.2) is 18.5 Å². The first kappa shape index (κ1) is 12.7. The molecule has 19 heavy (non-hydrogen) atoms. The van der Waals surface area contributed by atoms with Gasteiger partial charge in [0, 0.05) is 12.6 Å². The van der Waals surface area contributed by atoms with Crippen LogP contribution >= 0.6 is 0 Å². The van der Waals surface area contributed by atoms with E-state index in [0.29, 0.717) is 12.5 Å². The van der Waals surface area contributed by atoms with Crippen LogP contribution < -0.4 is 10.6 Å². The maximum Gasteiger partial charge on any atom is 0.224 e. The van der Waals surface area contributed by atoms with Gasteiger partial charge in [-0.05, 0) is 42.5 Å². The van der Waals surface area contributed by atoms with Gasteiger partial charge in [0.25, 0.3) is 0 Å². The predicted molar refractivity (Wildman–Crippen MR) is 76.0 cm³/mol. The summed E-state index contributed by atoms with van der Waals surface area (Å²) in [5, 5.41) is 6.53. The van der Waals surface area contributed by atoms with Gasteiger partial charge >= 0.3 is 0 Å². The van der Waals surface area contributed by atoms with Crippen molar-refractivity contribution in [3.8, 4) is 0 Å². The zero-order valence-electron chi connectivity index (χ0n) is 11.4. The maximum atomic E-state index is 12.0. The fourth-order valence-electron chi connectivity index (χ4n) is 3.17. The summed E-state index contributed by atoms with van der Waals surface area (Å²) in [7, 11) is 0. The molecule has 1 fully saturated rings. The van der Waals surface area contributed by atoms with E-state index in [1.165, 1.54) is 24.0 Å². The standard InChI is InChI=1S/C16H22N2O/c19-16(18-15-3-1-2-4-15)10-12-5-6-14-11-17-8-7-13(14)9-12/h5-6,9,15,17H,1-4,7-8,10-11H2,(H,18,19). The first-order chi connectivity index (χ1) is 9.31. The Morgan fingerprint density at radius 3 is 2.95 bits per heavy atom. The van der Waals surface area contributed by atoms with Crippen LogP contribution in [0.3, 0.4) is 0 Å². The first-order valence-electron chi connectivity index (χ1n) is 7.42. The summed E-state index contributed by atoms with van der Waals surface area (Å²) in [4.78, 5) is 12.0. The monoisotopic (exact) mass is 258 g/mol. The van der Waals surface area contributed by atoms with Crippen LogP contribution in [0.5, 0.6) is 0 Å².